The maximum Gasteiger partial charge on any atom is 0.122 e. The molecule has 1 aromatic carbocycles. The van der Waals surface area contributed by atoms with Crippen molar-refractivity contribution in [3.05, 3.63) is 29.3 Å². The van der Waals surface area contributed by atoms with Gasteiger partial charge in [0.1, 0.15) is 5.75 Å². The Balaban J connectivity index is 2.12. The van der Waals surface area contributed by atoms with Gasteiger partial charge in [0.05, 0.1) is 6.61 Å². The molecule has 0 saturated heterocycles. The minimum absolute atomic E-state index is 0.787. The van der Waals surface area contributed by atoms with Crippen LogP contribution in [0.1, 0.15) is 31.4 Å². The average molecular weight is 190 g/mol. The molecule has 1 aromatic rings. The predicted octanol–water partition coefficient (Wildman–Crippen LogP) is 3.21. The van der Waals surface area contributed by atoms with Gasteiger partial charge in [0.15, 0.2) is 0 Å². The summed E-state index contributed by atoms with van der Waals surface area (Å²) in [5, 5.41) is 0. The third-order valence-corrected chi connectivity index (χ3v) is 3.03. The zero-order valence-electron chi connectivity index (χ0n) is 9.05. The van der Waals surface area contributed by atoms with Crippen LogP contribution in [0.25, 0.3) is 0 Å². The van der Waals surface area contributed by atoms with E-state index >= 15 is 0 Å². The van der Waals surface area contributed by atoms with Gasteiger partial charge in [0.2, 0.25) is 0 Å². The molecule has 0 spiro atoms. The first-order valence-corrected chi connectivity index (χ1v) is 5.54. The first-order valence-electron chi connectivity index (χ1n) is 5.54. The molecule has 0 amide bonds. The van der Waals surface area contributed by atoms with E-state index in [1.54, 1.807) is 0 Å². The molecule has 0 N–H and O–H groups in total. The van der Waals surface area contributed by atoms with E-state index in [9.17, 15) is 0 Å². The second-order valence-corrected chi connectivity index (χ2v) is 4.26. The molecule has 1 aliphatic heterocycles. The molecule has 2 rings (SSSR count). The van der Waals surface area contributed by atoms with E-state index in [1.165, 1.54) is 24.0 Å². The summed E-state index contributed by atoms with van der Waals surface area (Å²) in [5.74, 6) is 1.88. The Hall–Kier alpha value is -0.980. The van der Waals surface area contributed by atoms with Crippen molar-refractivity contribution in [2.24, 2.45) is 5.92 Å². The number of ether oxygens (including phenoxy) is 1. The van der Waals surface area contributed by atoms with Crippen LogP contribution in [0.2, 0.25) is 0 Å². The molecule has 1 atom stereocenters. The summed E-state index contributed by atoms with van der Waals surface area (Å²) in [6.07, 6.45) is 3.54. The maximum absolute atomic E-state index is 5.48. The summed E-state index contributed by atoms with van der Waals surface area (Å²) in [7, 11) is 0. The zero-order chi connectivity index (χ0) is 9.97. The van der Waals surface area contributed by atoms with Gasteiger partial charge in [0, 0.05) is 6.42 Å². The van der Waals surface area contributed by atoms with Gasteiger partial charge in [-0.1, -0.05) is 32.4 Å². The molecular formula is C13H18O. The summed E-state index contributed by atoms with van der Waals surface area (Å²) in [5.41, 5.74) is 2.86. The van der Waals surface area contributed by atoms with Crippen LogP contribution in [0.3, 0.4) is 0 Å². The van der Waals surface area contributed by atoms with Crippen LogP contribution in [-0.2, 0) is 12.8 Å². The Kier molecular flexibility index (Phi) is 2.76. The lowest BCUT2D eigenvalue weighted by molar-refractivity contribution is 0.357. The molecule has 1 heteroatoms. The van der Waals surface area contributed by atoms with Crippen molar-refractivity contribution in [3.63, 3.8) is 0 Å². The molecule has 1 heterocycles. The minimum atomic E-state index is 0.787. The Labute approximate surface area is 86.1 Å². The Morgan fingerprint density at radius 3 is 3.07 bits per heavy atom. The third kappa shape index (κ3) is 1.92. The molecule has 1 aliphatic rings. The highest BCUT2D eigenvalue weighted by molar-refractivity contribution is 5.39. The molecule has 0 aliphatic carbocycles. The van der Waals surface area contributed by atoms with Crippen LogP contribution < -0.4 is 4.74 Å². The van der Waals surface area contributed by atoms with E-state index in [-0.39, 0.29) is 0 Å². The normalized spacial score (nSPS) is 16.1. The van der Waals surface area contributed by atoms with E-state index in [2.05, 4.69) is 32.0 Å². The smallest absolute Gasteiger partial charge is 0.122 e. The first kappa shape index (κ1) is 9.57. The van der Waals surface area contributed by atoms with Crippen molar-refractivity contribution in [2.75, 3.05) is 6.61 Å². The minimum Gasteiger partial charge on any atom is -0.493 e. The lowest BCUT2D eigenvalue weighted by Gasteiger charge is -2.09. The number of rotatable bonds is 3. The SMILES string of the molecule is CCC(C)Cc1ccc2c(c1)CCO2. The molecule has 0 saturated carbocycles. The highest BCUT2D eigenvalue weighted by atomic mass is 16.5. The third-order valence-electron chi connectivity index (χ3n) is 3.03. The summed E-state index contributed by atoms with van der Waals surface area (Å²) in [6, 6.07) is 6.64. The molecule has 0 fully saturated rings. The number of fused-ring (bicyclic) bond motifs is 1. The molecule has 1 unspecified atom stereocenters. The van der Waals surface area contributed by atoms with Crippen LogP contribution in [-0.4, -0.2) is 6.61 Å². The fourth-order valence-corrected chi connectivity index (χ4v) is 1.91. The number of hydrogen-bond acceptors (Lipinski definition) is 1. The van der Waals surface area contributed by atoms with E-state index in [0.717, 1.165) is 24.7 Å². The Morgan fingerprint density at radius 1 is 1.43 bits per heavy atom. The predicted molar refractivity (Wildman–Crippen MR) is 58.8 cm³/mol. The standard InChI is InChI=1S/C13H18O/c1-3-10(2)8-11-4-5-13-12(9-11)6-7-14-13/h4-5,9-10H,3,6-8H2,1-2H3. The monoisotopic (exact) mass is 190 g/mol. The summed E-state index contributed by atoms with van der Waals surface area (Å²) in [6.45, 7) is 5.42. The van der Waals surface area contributed by atoms with Crippen molar-refractivity contribution in [1.29, 1.82) is 0 Å². The van der Waals surface area contributed by atoms with Gasteiger partial charge in [-0.05, 0) is 29.5 Å². The van der Waals surface area contributed by atoms with Gasteiger partial charge in [-0.15, -0.1) is 0 Å². The molecule has 1 nitrogen and oxygen atoms in total. The number of benzene rings is 1. The molecule has 0 bridgehead atoms. The van der Waals surface area contributed by atoms with Gasteiger partial charge >= 0.3 is 0 Å². The Bertz CT molecular complexity index is 317. The van der Waals surface area contributed by atoms with Crippen molar-refractivity contribution >= 4 is 0 Å². The summed E-state index contributed by atoms with van der Waals surface area (Å²) < 4.78 is 5.48. The average Bonchev–Trinajstić information content (AvgIpc) is 2.64. The quantitative estimate of drug-likeness (QED) is 0.711. The molecule has 76 valence electrons. The highest BCUT2D eigenvalue weighted by Crippen LogP contribution is 2.26. The zero-order valence-corrected chi connectivity index (χ0v) is 9.05. The summed E-state index contributed by atoms with van der Waals surface area (Å²) >= 11 is 0. The molecule has 0 radical (unpaired) electrons. The van der Waals surface area contributed by atoms with Crippen LogP contribution in [0.15, 0.2) is 18.2 Å². The highest BCUT2D eigenvalue weighted by Gasteiger charge is 2.12. The van der Waals surface area contributed by atoms with Crippen LogP contribution in [0, 0.1) is 5.92 Å². The fourth-order valence-electron chi connectivity index (χ4n) is 1.91. The largest absolute Gasteiger partial charge is 0.493 e. The van der Waals surface area contributed by atoms with E-state index in [1.807, 2.05) is 0 Å². The van der Waals surface area contributed by atoms with E-state index < -0.39 is 0 Å². The van der Waals surface area contributed by atoms with Crippen LogP contribution >= 0.6 is 0 Å². The Morgan fingerprint density at radius 2 is 2.29 bits per heavy atom. The second kappa shape index (κ2) is 4.04. The van der Waals surface area contributed by atoms with Crippen molar-refractivity contribution < 1.29 is 4.74 Å². The summed E-state index contributed by atoms with van der Waals surface area (Å²) in [4.78, 5) is 0. The molecular weight excluding hydrogens is 172 g/mol. The van der Waals surface area contributed by atoms with Crippen LogP contribution in [0.4, 0.5) is 0 Å². The first-order chi connectivity index (χ1) is 6.79. The van der Waals surface area contributed by atoms with Gasteiger partial charge in [-0.3, -0.25) is 0 Å². The maximum atomic E-state index is 5.48. The van der Waals surface area contributed by atoms with Gasteiger partial charge in [-0.2, -0.15) is 0 Å². The second-order valence-electron chi connectivity index (χ2n) is 4.26. The molecule has 14 heavy (non-hydrogen) atoms. The lowest BCUT2D eigenvalue weighted by atomic mass is 9.97. The van der Waals surface area contributed by atoms with Gasteiger partial charge < -0.3 is 4.74 Å². The van der Waals surface area contributed by atoms with Crippen molar-refractivity contribution in [1.82, 2.24) is 0 Å². The number of hydrogen-bond donors (Lipinski definition) is 0. The van der Waals surface area contributed by atoms with Crippen molar-refractivity contribution in [3.8, 4) is 5.75 Å². The van der Waals surface area contributed by atoms with Crippen molar-refractivity contribution in [2.45, 2.75) is 33.1 Å². The molecule has 0 aromatic heterocycles. The van der Waals surface area contributed by atoms with E-state index in [0.29, 0.717) is 0 Å². The van der Waals surface area contributed by atoms with Gasteiger partial charge in [0.25, 0.3) is 0 Å². The lowest BCUT2D eigenvalue weighted by Crippen LogP contribution is -1.97. The van der Waals surface area contributed by atoms with E-state index in [4.69, 9.17) is 4.74 Å². The van der Waals surface area contributed by atoms with Crippen LogP contribution in [0.5, 0.6) is 5.75 Å². The van der Waals surface area contributed by atoms with Gasteiger partial charge in [-0.25, -0.2) is 0 Å². The fraction of sp³-hybridized carbons (Fsp3) is 0.538. The topological polar surface area (TPSA) is 9.23 Å².